The largest absolute Gasteiger partial charge is 0.465 e. The minimum Gasteiger partial charge on any atom is -0.465 e. The van der Waals surface area contributed by atoms with Crippen LogP contribution in [0.25, 0.3) is 0 Å². The minimum atomic E-state index is -0.434. The molecule has 0 atom stereocenters. The van der Waals surface area contributed by atoms with Crippen LogP contribution in [0.15, 0.2) is 60.7 Å². The molecule has 2 aromatic carbocycles. The maximum atomic E-state index is 12.5. The van der Waals surface area contributed by atoms with Gasteiger partial charge in [0.25, 0.3) is 5.91 Å². The second-order valence-electron chi connectivity index (χ2n) is 5.73. The third kappa shape index (κ3) is 4.66. The summed E-state index contributed by atoms with van der Waals surface area (Å²) in [6, 6.07) is 17.5. The first-order chi connectivity index (χ1) is 13.0. The van der Waals surface area contributed by atoms with Gasteiger partial charge in [0.05, 0.1) is 12.7 Å². The van der Waals surface area contributed by atoms with Gasteiger partial charge in [0.2, 0.25) is 5.95 Å². The molecule has 0 aliphatic carbocycles. The van der Waals surface area contributed by atoms with Crippen molar-refractivity contribution in [1.82, 2.24) is 9.97 Å². The molecular formula is C20H18N4O3. The molecule has 0 saturated carbocycles. The molecule has 1 aromatic heterocycles. The van der Waals surface area contributed by atoms with E-state index in [4.69, 9.17) is 0 Å². The predicted octanol–water partition coefficient (Wildman–Crippen LogP) is 3.57. The first-order valence-electron chi connectivity index (χ1n) is 8.22. The van der Waals surface area contributed by atoms with Gasteiger partial charge in [-0.1, -0.05) is 18.2 Å². The lowest BCUT2D eigenvalue weighted by atomic mass is 10.2. The smallest absolute Gasteiger partial charge is 0.337 e. The number of hydrogen-bond donors (Lipinski definition) is 2. The average Bonchev–Trinajstić information content (AvgIpc) is 2.68. The quantitative estimate of drug-likeness (QED) is 0.674. The van der Waals surface area contributed by atoms with Crippen LogP contribution in [0.2, 0.25) is 0 Å². The van der Waals surface area contributed by atoms with Gasteiger partial charge >= 0.3 is 5.97 Å². The molecule has 0 fully saturated rings. The Hall–Kier alpha value is -3.74. The van der Waals surface area contributed by atoms with Crippen molar-refractivity contribution < 1.29 is 14.3 Å². The van der Waals surface area contributed by atoms with Crippen molar-refractivity contribution in [3.8, 4) is 0 Å². The maximum Gasteiger partial charge on any atom is 0.337 e. The molecule has 0 aliphatic heterocycles. The molecule has 0 saturated heterocycles. The molecule has 0 spiro atoms. The van der Waals surface area contributed by atoms with Crippen LogP contribution in [-0.2, 0) is 4.74 Å². The summed E-state index contributed by atoms with van der Waals surface area (Å²) in [5, 5.41) is 5.83. The molecule has 1 heterocycles. The summed E-state index contributed by atoms with van der Waals surface area (Å²) >= 11 is 0. The van der Waals surface area contributed by atoms with E-state index in [9.17, 15) is 9.59 Å². The van der Waals surface area contributed by atoms with Gasteiger partial charge in [-0.3, -0.25) is 4.79 Å². The van der Waals surface area contributed by atoms with Crippen molar-refractivity contribution >= 4 is 29.2 Å². The Morgan fingerprint density at radius 1 is 0.926 bits per heavy atom. The molecule has 0 bridgehead atoms. The number of hydrogen-bond acceptors (Lipinski definition) is 6. The Morgan fingerprint density at radius 2 is 1.63 bits per heavy atom. The Balaban J connectivity index is 1.75. The molecular weight excluding hydrogens is 344 g/mol. The fraction of sp³-hybridized carbons (Fsp3) is 0.100. The zero-order valence-electron chi connectivity index (χ0n) is 14.9. The fourth-order valence-corrected chi connectivity index (χ4v) is 2.39. The number of aromatic nitrogens is 2. The number of amides is 1. The van der Waals surface area contributed by atoms with Gasteiger partial charge in [-0.25, -0.2) is 14.8 Å². The summed E-state index contributed by atoms with van der Waals surface area (Å²) in [5.74, 6) is -0.467. The highest BCUT2D eigenvalue weighted by molar-refractivity contribution is 6.03. The Kier molecular flexibility index (Phi) is 5.41. The molecule has 0 unspecified atom stereocenters. The molecule has 2 N–H and O–H groups in total. The number of methoxy groups -OCH3 is 1. The summed E-state index contributed by atoms with van der Waals surface area (Å²) in [6.45, 7) is 1.79. The van der Waals surface area contributed by atoms with E-state index >= 15 is 0 Å². The van der Waals surface area contributed by atoms with Crippen LogP contribution in [-0.4, -0.2) is 29.0 Å². The molecule has 0 radical (unpaired) electrons. The number of carbonyl (C=O) groups excluding carboxylic acids is 2. The van der Waals surface area contributed by atoms with Gasteiger partial charge in [0.15, 0.2) is 0 Å². The lowest BCUT2D eigenvalue weighted by Gasteiger charge is -2.09. The number of esters is 1. The van der Waals surface area contributed by atoms with Crippen LogP contribution in [0.1, 0.15) is 26.5 Å². The Morgan fingerprint density at radius 3 is 2.30 bits per heavy atom. The highest BCUT2D eigenvalue weighted by atomic mass is 16.5. The first kappa shape index (κ1) is 18.1. The van der Waals surface area contributed by atoms with Gasteiger partial charge < -0.3 is 15.4 Å². The fourth-order valence-electron chi connectivity index (χ4n) is 2.39. The standard InChI is InChI=1S/C20H18N4O3/c1-13-12-17(24-20(21-13)23-15-6-4-3-5-7-15)18(25)22-16-10-8-14(9-11-16)19(26)27-2/h3-12H,1-2H3,(H,22,25)(H,21,23,24). The zero-order valence-corrected chi connectivity index (χ0v) is 14.9. The van der Waals surface area contributed by atoms with Crippen LogP contribution in [0.3, 0.4) is 0 Å². The van der Waals surface area contributed by atoms with E-state index in [1.807, 2.05) is 30.3 Å². The maximum absolute atomic E-state index is 12.5. The van der Waals surface area contributed by atoms with Crippen molar-refractivity contribution in [1.29, 1.82) is 0 Å². The van der Waals surface area contributed by atoms with Crippen LogP contribution < -0.4 is 10.6 Å². The highest BCUT2D eigenvalue weighted by Gasteiger charge is 2.12. The Labute approximate surface area is 156 Å². The lowest BCUT2D eigenvalue weighted by molar-refractivity contribution is 0.0600. The first-order valence-corrected chi connectivity index (χ1v) is 8.22. The van der Waals surface area contributed by atoms with Crippen molar-refractivity contribution in [3.63, 3.8) is 0 Å². The predicted molar refractivity (Wildman–Crippen MR) is 102 cm³/mol. The van der Waals surface area contributed by atoms with Gasteiger partial charge in [-0.05, 0) is 49.4 Å². The molecule has 7 heteroatoms. The van der Waals surface area contributed by atoms with E-state index < -0.39 is 5.97 Å². The van der Waals surface area contributed by atoms with E-state index in [0.717, 1.165) is 5.69 Å². The number of benzene rings is 2. The summed E-state index contributed by atoms with van der Waals surface area (Å²) in [6.07, 6.45) is 0. The van der Waals surface area contributed by atoms with E-state index in [-0.39, 0.29) is 11.6 Å². The highest BCUT2D eigenvalue weighted by Crippen LogP contribution is 2.15. The monoisotopic (exact) mass is 362 g/mol. The summed E-state index contributed by atoms with van der Waals surface area (Å²) < 4.78 is 4.65. The zero-order chi connectivity index (χ0) is 19.2. The average molecular weight is 362 g/mol. The Bertz CT molecular complexity index is 957. The lowest BCUT2D eigenvalue weighted by Crippen LogP contribution is -2.15. The van der Waals surface area contributed by atoms with E-state index in [2.05, 4.69) is 25.3 Å². The number of carbonyl (C=O) groups is 2. The van der Waals surface area contributed by atoms with E-state index in [0.29, 0.717) is 22.9 Å². The normalized spacial score (nSPS) is 10.1. The topological polar surface area (TPSA) is 93.2 Å². The summed E-state index contributed by atoms with van der Waals surface area (Å²) in [4.78, 5) is 32.6. The number of anilines is 3. The molecule has 3 rings (SSSR count). The SMILES string of the molecule is COC(=O)c1ccc(NC(=O)c2cc(C)nc(Nc3ccccc3)n2)cc1. The van der Waals surface area contributed by atoms with Gasteiger partial charge in [0.1, 0.15) is 5.69 Å². The van der Waals surface area contributed by atoms with Crippen molar-refractivity contribution in [2.45, 2.75) is 6.92 Å². The van der Waals surface area contributed by atoms with Crippen molar-refractivity contribution in [3.05, 3.63) is 77.6 Å². The van der Waals surface area contributed by atoms with Crippen LogP contribution in [0.4, 0.5) is 17.3 Å². The number of nitrogens with one attached hydrogen (secondary N) is 2. The molecule has 7 nitrogen and oxygen atoms in total. The molecule has 3 aromatic rings. The van der Waals surface area contributed by atoms with E-state index in [1.165, 1.54) is 7.11 Å². The molecule has 27 heavy (non-hydrogen) atoms. The summed E-state index contributed by atoms with van der Waals surface area (Å²) in [5.41, 5.74) is 2.67. The number of rotatable bonds is 5. The van der Waals surface area contributed by atoms with Gasteiger partial charge in [0, 0.05) is 17.1 Å². The number of ether oxygens (including phenoxy) is 1. The molecule has 136 valence electrons. The van der Waals surface area contributed by atoms with Crippen molar-refractivity contribution in [2.75, 3.05) is 17.7 Å². The molecule has 0 aliphatic rings. The third-order valence-electron chi connectivity index (χ3n) is 3.68. The third-order valence-corrected chi connectivity index (χ3v) is 3.68. The van der Waals surface area contributed by atoms with Crippen LogP contribution in [0.5, 0.6) is 0 Å². The van der Waals surface area contributed by atoms with Crippen molar-refractivity contribution in [2.24, 2.45) is 0 Å². The number of para-hydroxylation sites is 1. The van der Waals surface area contributed by atoms with E-state index in [1.54, 1.807) is 37.3 Å². The minimum absolute atomic E-state index is 0.234. The van der Waals surface area contributed by atoms with Crippen LogP contribution in [0, 0.1) is 6.92 Å². The summed E-state index contributed by atoms with van der Waals surface area (Å²) in [7, 11) is 1.32. The number of aryl methyl sites for hydroxylation is 1. The second kappa shape index (κ2) is 8.09. The van der Waals surface area contributed by atoms with Crippen LogP contribution >= 0.6 is 0 Å². The van der Waals surface area contributed by atoms with Gasteiger partial charge in [-0.2, -0.15) is 0 Å². The number of nitrogens with zero attached hydrogens (tertiary/aromatic N) is 2. The van der Waals surface area contributed by atoms with Gasteiger partial charge in [-0.15, -0.1) is 0 Å². The molecule has 1 amide bonds. The second-order valence-corrected chi connectivity index (χ2v) is 5.73.